The molecule has 0 atom stereocenters. The van der Waals surface area contributed by atoms with Crippen molar-refractivity contribution in [3.05, 3.63) is 20.8 Å². The van der Waals surface area contributed by atoms with Crippen molar-refractivity contribution in [1.82, 2.24) is 0 Å². The van der Waals surface area contributed by atoms with Crippen molar-refractivity contribution in [2.45, 2.75) is 32.1 Å². The highest BCUT2D eigenvalue weighted by Gasteiger charge is 2.33. The molecule has 0 saturated heterocycles. The molecule has 1 aliphatic rings. The van der Waals surface area contributed by atoms with E-state index in [2.05, 4.69) is 27.4 Å². The third-order valence-electron chi connectivity index (χ3n) is 3.12. The van der Waals surface area contributed by atoms with E-state index in [-0.39, 0.29) is 0 Å². The van der Waals surface area contributed by atoms with Crippen LogP contribution in [0.5, 0.6) is 0 Å². The number of hydrogen-bond donors (Lipinski definition) is 0. The molecule has 0 radical (unpaired) electrons. The maximum atomic E-state index is 6.11. The number of hydrogen-bond acceptors (Lipinski definition) is 1. The van der Waals surface area contributed by atoms with Crippen molar-refractivity contribution in [3.8, 4) is 0 Å². The van der Waals surface area contributed by atoms with E-state index in [1.807, 2.05) is 11.3 Å². The van der Waals surface area contributed by atoms with E-state index in [0.29, 0.717) is 5.41 Å². The molecule has 0 N–H and O–H groups in total. The second-order valence-corrected chi connectivity index (χ2v) is 6.43. The molecular formula is C11H14BrClS. The zero-order chi connectivity index (χ0) is 10.0. The van der Waals surface area contributed by atoms with E-state index in [0.717, 1.165) is 5.88 Å². The lowest BCUT2D eigenvalue weighted by Gasteiger charge is -2.25. The van der Waals surface area contributed by atoms with Gasteiger partial charge in [0.15, 0.2) is 0 Å². The molecule has 14 heavy (non-hydrogen) atoms. The van der Waals surface area contributed by atoms with Crippen LogP contribution < -0.4 is 0 Å². The van der Waals surface area contributed by atoms with E-state index in [1.165, 1.54) is 41.5 Å². The molecule has 1 heterocycles. The molecule has 0 nitrogen and oxygen atoms in total. The third kappa shape index (κ3) is 2.34. The summed E-state index contributed by atoms with van der Waals surface area (Å²) in [7, 11) is 0. The molecule has 1 aliphatic carbocycles. The first kappa shape index (κ1) is 11.0. The molecule has 0 aromatic carbocycles. The van der Waals surface area contributed by atoms with Crippen LogP contribution in [0.15, 0.2) is 15.9 Å². The summed E-state index contributed by atoms with van der Waals surface area (Å²) in [4.78, 5) is 1.47. The molecule has 1 aromatic rings. The van der Waals surface area contributed by atoms with Crippen LogP contribution >= 0.6 is 38.9 Å². The predicted octanol–water partition coefficient (Wildman–Crippen LogP) is 4.85. The third-order valence-corrected chi connectivity index (χ3v) is 5.38. The summed E-state index contributed by atoms with van der Waals surface area (Å²) in [5, 5.41) is 2.16. The second-order valence-electron chi connectivity index (χ2n) is 4.25. The van der Waals surface area contributed by atoms with Crippen LogP contribution in [0.2, 0.25) is 0 Å². The quantitative estimate of drug-likeness (QED) is 0.699. The zero-order valence-electron chi connectivity index (χ0n) is 8.06. The first-order valence-electron chi connectivity index (χ1n) is 5.03. The van der Waals surface area contributed by atoms with Gasteiger partial charge in [0.2, 0.25) is 0 Å². The average Bonchev–Trinajstić information content (AvgIpc) is 2.77. The molecule has 0 spiro atoms. The molecule has 1 saturated carbocycles. The van der Waals surface area contributed by atoms with Crippen molar-refractivity contribution < 1.29 is 0 Å². The highest BCUT2D eigenvalue weighted by atomic mass is 79.9. The fourth-order valence-electron chi connectivity index (χ4n) is 2.30. The molecule has 2 rings (SSSR count). The molecular weight excluding hydrogens is 280 g/mol. The molecule has 0 bridgehead atoms. The monoisotopic (exact) mass is 292 g/mol. The Kier molecular flexibility index (Phi) is 3.56. The van der Waals surface area contributed by atoms with Gasteiger partial charge in [-0.25, -0.2) is 0 Å². The van der Waals surface area contributed by atoms with Crippen LogP contribution in [0.25, 0.3) is 0 Å². The standard InChI is InChI=1S/C11H14BrClS/c12-9-5-10(14-7-9)6-11(8-13)3-1-2-4-11/h5,7H,1-4,6,8H2. The van der Waals surface area contributed by atoms with Crippen molar-refractivity contribution in [2.75, 3.05) is 5.88 Å². The van der Waals surface area contributed by atoms with Gasteiger partial charge in [0.05, 0.1) is 0 Å². The Morgan fingerprint density at radius 3 is 2.64 bits per heavy atom. The lowest BCUT2D eigenvalue weighted by molar-refractivity contribution is 0.343. The highest BCUT2D eigenvalue weighted by Crippen LogP contribution is 2.43. The Morgan fingerprint density at radius 2 is 2.14 bits per heavy atom. The van der Waals surface area contributed by atoms with E-state index >= 15 is 0 Å². The van der Waals surface area contributed by atoms with Crippen molar-refractivity contribution in [3.63, 3.8) is 0 Å². The maximum absolute atomic E-state index is 6.11. The predicted molar refractivity (Wildman–Crippen MR) is 67.3 cm³/mol. The number of thiophene rings is 1. The molecule has 0 amide bonds. The van der Waals surface area contributed by atoms with Gasteiger partial charge in [-0.05, 0) is 46.7 Å². The minimum Gasteiger partial charge on any atom is -0.148 e. The SMILES string of the molecule is ClCC1(Cc2cc(Br)cs2)CCCC1. The van der Waals surface area contributed by atoms with Crippen LogP contribution in [0.1, 0.15) is 30.6 Å². The lowest BCUT2D eigenvalue weighted by Crippen LogP contribution is -2.21. The largest absolute Gasteiger partial charge is 0.148 e. The van der Waals surface area contributed by atoms with Crippen molar-refractivity contribution in [2.24, 2.45) is 5.41 Å². The Balaban J connectivity index is 2.08. The normalized spacial score (nSPS) is 20.1. The van der Waals surface area contributed by atoms with Gasteiger partial charge in [0.1, 0.15) is 0 Å². The summed E-state index contributed by atoms with van der Waals surface area (Å²) in [6.07, 6.45) is 6.52. The highest BCUT2D eigenvalue weighted by molar-refractivity contribution is 9.10. The maximum Gasteiger partial charge on any atom is 0.0285 e. The van der Waals surface area contributed by atoms with E-state index < -0.39 is 0 Å². The number of alkyl halides is 1. The minimum absolute atomic E-state index is 0.409. The minimum atomic E-state index is 0.409. The van der Waals surface area contributed by atoms with Crippen LogP contribution in [-0.2, 0) is 6.42 Å². The number of halogens is 2. The summed E-state index contributed by atoms with van der Waals surface area (Å²) < 4.78 is 1.21. The molecule has 78 valence electrons. The molecule has 1 aromatic heterocycles. The van der Waals surface area contributed by atoms with Gasteiger partial charge in [-0.2, -0.15) is 0 Å². The topological polar surface area (TPSA) is 0 Å². The van der Waals surface area contributed by atoms with Crippen molar-refractivity contribution in [1.29, 1.82) is 0 Å². The van der Waals surface area contributed by atoms with Crippen molar-refractivity contribution >= 4 is 38.9 Å². The van der Waals surface area contributed by atoms with Crippen LogP contribution in [0.4, 0.5) is 0 Å². The summed E-state index contributed by atoms with van der Waals surface area (Å²) in [5.41, 5.74) is 0.409. The summed E-state index contributed by atoms with van der Waals surface area (Å²) in [5.74, 6) is 0.822. The summed E-state index contributed by atoms with van der Waals surface area (Å²) in [6, 6.07) is 2.23. The van der Waals surface area contributed by atoms with Crippen LogP contribution in [0, 0.1) is 5.41 Å². The Hall–Kier alpha value is 0.470. The zero-order valence-corrected chi connectivity index (χ0v) is 11.2. The fourth-order valence-corrected chi connectivity index (χ4v) is 4.29. The molecule has 3 heteroatoms. The molecule has 0 aliphatic heterocycles. The smallest absolute Gasteiger partial charge is 0.0285 e. The first-order chi connectivity index (χ1) is 6.74. The van der Waals surface area contributed by atoms with Gasteiger partial charge < -0.3 is 0 Å². The van der Waals surface area contributed by atoms with E-state index in [9.17, 15) is 0 Å². The van der Waals surface area contributed by atoms with Gasteiger partial charge >= 0.3 is 0 Å². The fraction of sp³-hybridized carbons (Fsp3) is 0.636. The van der Waals surface area contributed by atoms with Gasteiger partial charge in [-0.15, -0.1) is 22.9 Å². The van der Waals surface area contributed by atoms with E-state index in [1.54, 1.807) is 0 Å². The summed E-state index contributed by atoms with van der Waals surface area (Å²) in [6.45, 7) is 0. The van der Waals surface area contributed by atoms with Crippen LogP contribution in [0.3, 0.4) is 0 Å². The van der Waals surface area contributed by atoms with Gasteiger partial charge in [0.25, 0.3) is 0 Å². The summed E-state index contributed by atoms with van der Waals surface area (Å²) >= 11 is 11.5. The second kappa shape index (κ2) is 4.54. The Bertz CT molecular complexity index is 302. The van der Waals surface area contributed by atoms with Gasteiger partial charge in [0, 0.05) is 20.6 Å². The number of rotatable bonds is 3. The Labute approximate surface area is 103 Å². The molecule has 0 unspecified atom stereocenters. The van der Waals surface area contributed by atoms with E-state index in [4.69, 9.17) is 11.6 Å². The lowest BCUT2D eigenvalue weighted by atomic mass is 9.84. The Morgan fingerprint density at radius 1 is 1.43 bits per heavy atom. The molecule has 1 fully saturated rings. The first-order valence-corrected chi connectivity index (χ1v) is 7.24. The van der Waals surface area contributed by atoms with Gasteiger partial charge in [-0.1, -0.05) is 12.8 Å². The van der Waals surface area contributed by atoms with Crippen LogP contribution in [-0.4, -0.2) is 5.88 Å². The van der Waals surface area contributed by atoms with Gasteiger partial charge in [-0.3, -0.25) is 0 Å². The average molecular weight is 294 g/mol.